The molecule has 0 radical (unpaired) electrons. The highest BCUT2D eigenvalue weighted by atomic mass is 19.4. The molecule has 32 heavy (non-hydrogen) atoms. The number of halogens is 3. The van der Waals surface area contributed by atoms with E-state index in [0.717, 1.165) is 31.6 Å². The predicted octanol–water partition coefficient (Wildman–Crippen LogP) is 4.89. The summed E-state index contributed by atoms with van der Waals surface area (Å²) in [6.07, 6.45) is -0.709. The quantitative estimate of drug-likeness (QED) is 0.500. The summed E-state index contributed by atoms with van der Waals surface area (Å²) < 4.78 is 43.6. The third-order valence-corrected chi connectivity index (χ3v) is 4.73. The molecule has 1 aromatic heterocycles. The predicted molar refractivity (Wildman–Crippen MR) is 120 cm³/mol. The van der Waals surface area contributed by atoms with Gasteiger partial charge in [0.1, 0.15) is 5.52 Å². The lowest BCUT2D eigenvalue weighted by molar-refractivity contribution is -0.137. The number of rotatable bonds is 8. The van der Waals surface area contributed by atoms with Gasteiger partial charge in [-0.15, -0.1) is 0 Å². The van der Waals surface area contributed by atoms with Crippen LogP contribution < -0.4 is 10.2 Å². The number of amides is 1. The maximum Gasteiger partial charge on any atom is 0.416 e. The van der Waals surface area contributed by atoms with E-state index in [4.69, 9.17) is 4.42 Å². The Morgan fingerprint density at radius 1 is 1.09 bits per heavy atom. The molecule has 3 rings (SSSR count). The van der Waals surface area contributed by atoms with Gasteiger partial charge in [0, 0.05) is 25.4 Å². The van der Waals surface area contributed by atoms with E-state index in [2.05, 4.69) is 15.2 Å². The number of nitrogens with zero attached hydrogens (tertiary/aromatic N) is 3. The molecule has 170 valence electrons. The average Bonchev–Trinajstić information content (AvgIpc) is 3.15. The van der Waals surface area contributed by atoms with E-state index in [1.54, 1.807) is 18.2 Å². The van der Waals surface area contributed by atoms with Gasteiger partial charge in [0.05, 0.1) is 5.56 Å². The number of aromatic nitrogens is 1. The molecule has 0 aliphatic heterocycles. The van der Waals surface area contributed by atoms with Crippen molar-refractivity contribution in [2.45, 2.75) is 12.6 Å². The van der Waals surface area contributed by atoms with Gasteiger partial charge in [-0.25, -0.2) is 0 Å². The average molecular weight is 446 g/mol. The molecule has 0 saturated heterocycles. The maximum atomic E-state index is 12.6. The summed E-state index contributed by atoms with van der Waals surface area (Å²) in [6, 6.07) is 10.2. The van der Waals surface area contributed by atoms with Crippen molar-refractivity contribution in [3.05, 3.63) is 59.7 Å². The number of hydrogen-bond acceptors (Lipinski definition) is 5. The number of carbonyl (C=O) groups excluding carboxylic acids is 1. The van der Waals surface area contributed by atoms with Crippen molar-refractivity contribution in [2.75, 3.05) is 44.4 Å². The zero-order chi connectivity index (χ0) is 23.3. The van der Waals surface area contributed by atoms with Crippen molar-refractivity contribution in [3.63, 3.8) is 0 Å². The van der Waals surface area contributed by atoms with Crippen molar-refractivity contribution >= 4 is 34.8 Å². The molecule has 1 amide bonds. The van der Waals surface area contributed by atoms with Crippen LogP contribution in [0, 0.1) is 0 Å². The van der Waals surface area contributed by atoms with E-state index in [9.17, 15) is 18.0 Å². The molecule has 2 aromatic carbocycles. The largest absolute Gasteiger partial charge is 0.423 e. The molecule has 1 heterocycles. The van der Waals surface area contributed by atoms with Crippen LogP contribution in [0.4, 0.5) is 24.9 Å². The fraction of sp³-hybridized carbons (Fsp3) is 0.304. The molecule has 0 spiro atoms. The molecule has 0 fully saturated rings. The lowest BCUT2D eigenvalue weighted by atomic mass is 10.1. The molecule has 0 unspecified atom stereocenters. The third-order valence-electron chi connectivity index (χ3n) is 4.73. The molecule has 3 aromatic rings. The second-order valence-corrected chi connectivity index (χ2v) is 7.70. The molecule has 0 atom stereocenters. The van der Waals surface area contributed by atoms with Gasteiger partial charge in [-0.05, 0) is 69.0 Å². The molecule has 0 saturated carbocycles. The Morgan fingerprint density at radius 2 is 1.81 bits per heavy atom. The van der Waals surface area contributed by atoms with Crippen LogP contribution >= 0.6 is 0 Å². The highest BCUT2D eigenvalue weighted by molar-refractivity contribution is 6.02. The number of hydrogen-bond donors (Lipinski definition) is 1. The maximum absolute atomic E-state index is 12.6. The first-order chi connectivity index (χ1) is 15.1. The summed E-state index contributed by atoms with van der Waals surface area (Å²) >= 11 is 0. The molecule has 0 aliphatic carbocycles. The minimum atomic E-state index is -4.39. The fourth-order valence-corrected chi connectivity index (χ4v) is 3.02. The summed E-state index contributed by atoms with van der Waals surface area (Å²) in [5, 5.41) is 2.72. The van der Waals surface area contributed by atoms with E-state index in [1.807, 2.05) is 26.0 Å². The molecule has 6 nitrogen and oxygen atoms in total. The van der Waals surface area contributed by atoms with Crippen LogP contribution in [-0.2, 0) is 11.0 Å². The number of carbonyl (C=O) groups is 1. The van der Waals surface area contributed by atoms with Gasteiger partial charge in [0.2, 0.25) is 5.91 Å². The van der Waals surface area contributed by atoms with Crippen LogP contribution in [0.1, 0.15) is 17.5 Å². The van der Waals surface area contributed by atoms with Gasteiger partial charge in [0.25, 0.3) is 6.01 Å². The molecule has 0 aliphatic rings. The number of alkyl halides is 3. The highest BCUT2D eigenvalue weighted by Gasteiger charge is 2.29. The second-order valence-electron chi connectivity index (χ2n) is 7.70. The third kappa shape index (κ3) is 6.34. The topological polar surface area (TPSA) is 61.6 Å². The molecule has 9 heteroatoms. The summed E-state index contributed by atoms with van der Waals surface area (Å²) in [6.45, 7) is 1.75. The van der Waals surface area contributed by atoms with E-state index in [1.165, 1.54) is 24.3 Å². The first-order valence-electron chi connectivity index (χ1n) is 10.0. The van der Waals surface area contributed by atoms with Crippen LogP contribution in [0.3, 0.4) is 0 Å². The van der Waals surface area contributed by atoms with E-state index in [0.29, 0.717) is 28.4 Å². The van der Waals surface area contributed by atoms with Gasteiger partial charge >= 0.3 is 6.18 Å². The standard InChI is InChI=1S/C23H25F3N4O2/c1-29(2)13-4-14-30(3)22-28-19-15-18(10-11-20(19)32-22)27-21(31)12-7-16-5-8-17(9-6-16)23(24,25)26/h5-12,15H,4,13-14H2,1-3H3,(H,27,31)/b12-7+. The summed E-state index contributed by atoms with van der Waals surface area (Å²) in [5.41, 5.74) is 1.51. The van der Waals surface area contributed by atoms with Gasteiger partial charge in [-0.2, -0.15) is 18.2 Å². The fourth-order valence-electron chi connectivity index (χ4n) is 3.02. The first kappa shape index (κ1) is 23.3. The molecule has 1 N–H and O–H groups in total. The Hall–Kier alpha value is -3.33. The van der Waals surface area contributed by atoms with Crippen LogP contribution in [0.25, 0.3) is 17.2 Å². The molecule has 0 bridgehead atoms. The van der Waals surface area contributed by atoms with Crippen molar-refractivity contribution in [1.29, 1.82) is 0 Å². The molecular weight excluding hydrogens is 421 g/mol. The van der Waals surface area contributed by atoms with Crippen LogP contribution in [-0.4, -0.2) is 50.0 Å². The minimum absolute atomic E-state index is 0.409. The van der Waals surface area contributed by atoms with Crippen molar-refractivity contribution in [2.24, 2.45) is 0 Å². The van der Waals surface area contributed by atoms with Crippen LogP contribution in [0.5, 0.6) is 0 Å². The number of nitrogens with one attached hydrogen (secondary N) is 1. The van der Waals surface area contributed by atoms with Gasteiger partial charge in [-0.1, -0.05) is 12.1 Å². The van der Waals surface area contributed by atoms with Crippen LogP contribution in [0.15, 0.2) is 53.0 Å². The van der Waals surface area contributed by atoms with Crippen molar-refractivity contribution < 1.29 is 22.4 Å². The number of fused-ring (bicyclic) bond motifs is 1. The molecular formula is C23H25F3N4O2. The first-order valence-corrected chi connectivity index (χ1v) is 10.0. The zero-order valence-corrected chi connectivity index (χ0v) is 18.1. The number of anilines is 2. The highest BCUT2D eigenvalue weighted by Crippen LogP contribution is 2.29. The normalized spacial score (nSPS) is 12.1. The minimum Gasteiger partial charge on any atom is -0.423 e. The van der Waals surface area contributed by atoms with Crippen molar-refractivity contribution in [3.8, 4) is 0 Å². The van der Waals surface area contributed by atoms with Gasteiger partial charge in [0.15, 0.2) is 5.58 Å². The Morgan fingerprint density at radius 3 is 2.47 bits per heavy atom. The Labute approximate surface area is 184 Å². The lowest BCUT2D eigenvalue weighted by Gasteiger charge is -2.15. The lowest BCUT2D eigenvalue weighted by Crippen LogP contribution is -2.23. The Bertz CT molecular complexity index is 1090. The second kappa shape index (κ2) is 9.86. The Kier molecular flexibility index (Phi) is 7.19. The van der Waals surface area contributed by atoms with E-state index in [-0.39, 0.29) is 0 Å². The summed E-state index contributed by atoms with van der Waals surface area (Å²) in [4.78, 5) is 20.7. The van der Waals surface area contributed by atoms with E-state index < -0.39 is 17.6 Å². The monoisotopic (exact) mass is 446 g/mol. The number of oxazole rings is 1. The summed E-state index contributed by atoms with van der Waals surface area (Å²) in [7, 11) is 5.96. The zero-order valence-electron chi connectivity index (χ0n) is 18.1. The number of benzene rings is 2. The SMILES string of the molecule is CN(C)CCCN(C)c1nc2cc(NC(=O)/C=C/c3ccc(C(F)(F)F)cc3)ccc2o1. The van der Waals surface area contributed by atoms with E-state index >= 15 is 0 Å². The Balaban J connectivity index is 1.61. The van der Waals surface area contributed by atoms with Gasteiger partial charge < -0.3 is 19.5 Å². The van der Waals surface area contributed by atoms with Crippen molar-refractivity contribution in [1.82, 2.24) is 9.88 Å². The summed E-state index contributed by atoms with van der Waals surface area (Å²) in [5.74, 6) is -0.409. The van der Waals surface area contributed by atoms with Gasteiger partial charge in [-0.3, -0.25) is 4.79 Å². The van der Waals surface area contributed by atoms with Crippen LogP contribution in [0.2, 0.25) is 0 Å². The smallest absolute Gasteiger partial charge is 0.416 e.